The van der Waals surface area contributed by atoms with Gasteiger partial charge in [0.2, 0.25) is 0 Å². The minimum absolute atomic E-state index is 0.0142. The third-order valence-corrected chi connectivity index (χ3v) is 2.33. The summed E-state index contributed by atoms with van der Waals surface area (Å²) in [7, 11) is 3.41. The molecule has 94 valence electrons. The van der Waals surface area contributed by atoms with E-state index in [9.17, 15) is 10.1 Å². The molecule has 18 heavy (non-hydrogen) atoms. The highest BCUT2D eigenvalue weighted by Crippen LogP contribution is 2.29. The summed E-state index contributed by atoms with van der Waals surface area (Å²) in [4.78, 5) is 10.3. The molecule has 0 atom stereocenters. The van der Waals surface area contributed by atoms with Gasteiger partial charge in [0.25, 0.3) is 0 Å². The van der Waals surface area contributed by atoms with Gasteiger partial charge in [-0.25, -0.2) is 0 Å². The van der Waals surface area contributed by atoms with Crippen LogP contribution in [0.5, 0.6) is 11.6 Å². The summed E-state index contributed by atoms with van der Waals surface area (Å²) in [5.74, 6) is 0.482. The first-order valence-electron chi connectivity index (χ1n) is 5.24. The SMILES string of the molecule is CNc1ccc(Oc2nn(C)cc2[N+](=O)[O-])cc1. The van der Waals surface area contributed by atoms with Crippen molar-refractivity contribution in [3.05, 3.63) is 40.6 Å². The molecule has 1 aromatic heterocycles. The fraction of sp³-hybridized carbons (Fsp3) is 0.182. The van der Waals surface area contributed by atoms with Crippen LogP contribution in [0.3, 0.4) is 0 Å². The Balaban J connectivity index is 2.25. The van der Waals surface area contributed by atoms with E-state index < -0.39 is 4.92 Å². The molecule has 2 rings (SSSR count). The minimum atomic E-state index is -0.524. The second kappa shape index (κ2) is 4.74. The quantitative estimate of drug-likeness (QED) is 0.662. The van der Waals surface area contributed by atoms with E-state index in [1.54, 1.807) is 26.2 Å². The number of anilines is 1. The van der Waals surface area contributed by atoms with Crippen LogP contribution in [0.15, 0.2) is 30.5 Å². The Morgan fingerprint density at radius 2 is 2.06 bits per heavy atom. The number of hydrogen-bond acceptors (Lipinski definition) is 5. The number of rotatable bonds is 4. The molecule has 0 saturated carbocycles. The highest BCUT2D eigenvalue weighted by Gasteiger charge is 2.20. The Bertz CT molecular complexity index is 562. The molecular weight excluding hydrogens is 236 g/mol. The predicted octanol–water partition coefficient (Wildman–Crippen LogP) is 2.16. The third kappa shape index (κ3) is 2.40. The van der Waals surface area contributed by atoms with Gasteiger partial charge in [-0.05, 0) is 24.3 Å². The first-order chi connectivity index (χ1) is 8.60. The molecule has 0 aliphatic heterocycles. The Morgan fingerprint density at radius 1 is 1.39 bits per heavy atom. The predicted molar refractivity (Wildman–Crippen MR) is 65.9 cm³/mol. The molecule has 0 bridgehead atoms. The van der Waals surface area contributed by atoms with E-state index in [0.29, 0.717) is 5.75 Å². The summed E-state index contributed by atoms with van der Waals surface area (Å²) >= 11 is 0. The number of aromatic nitrogens is 2. The molecule has 7 heteroatoms. The Morgan fingerprint density at radius 3 is 2.61 bits per heavy atom. The molecule has 1 N–H and O–H groups in total. The van der Waals surface area contributed by atoms with Gasteiger partial charge in [-0.1, -0.05) is 0 Å². The summed E-state index contributed by atoms with van der Waals surface area (Å²) in [6.07, 6.45) is 1.30. The van der Waals surface area contributed by atoms with E-state index in [0.717, 1.165) is 5.69 Å². The van der Waals surface area contributed by atoms with Crippen LogP contribution in [0.25, 0.3) is 0 Å². The van der Waals surface area contributed by atoms with Gasteiger partial charge in [-0.15, -0.1) is 5.10 Å². The lowest BCUT2D eigenvalue weighted by atomic mass is 10.3. The number of nitrogens with one attached hydrogen (secondary N) is 1. The van der Waals surface area contributed by atoms with Crippen LogP contribution in [-0.4, -0.2) is 21.8 Å². The zero-order valence-corrected chi connectivity index (χ0v) is 9.95. The van der Waals surface area contributed by atoms with Crippen molar-refractivity contribution >= 4 is 11.4 Å². The lowest BCUT2D eigenvalue weighted by molar-refractivity contribution is -0.385. The second-order valence-electron chi connectivity index (χ2n) is 3.63. The van der Waals surface area contributed by atoms with Gasteiger partial charge in [0.15, 0.2) is 0 Å². The van der Waals surface area contributed by atoms with Crippen LogP contribution in [-0.2, 0) is 7.05 Å². The van der Waals surface area contributed by atoms with Crippen LogP contribution < -0.4 is 10.1 Å². The van der Waals surface area contributed by atoms with Crippen LogP contribution >= 0.6 is 0 Å². The van der Waals surface area contributed by atoms with Gasteiger partial charge in [-0.3, -0.25) is 14.8 Å². The molecule has 1 heterocycles. The average Bonchev–Trinajstić information content (AvgIpc) is 2.71. The number of aryl methyl sites for hydroxylation is 1. The first kappa shape index (κ1) is 11.9. The lowest BCUT2D eigenvalue weighted by Crippen LogP contribution is -1.92. The maximum absolute atomic E-state index is 10.8. The van der Waals surface area contributed by atoms with Crippen molar-refractivity contribution in [2.45, 2.75) is 0 Å². The topological polar surface area (TPSA) is 82.2 Å². The molecule has 1 aromatic carbocycles. The maximum atomic E-state index is 10.8. The molecule has 0 spiro atoms. The van der Waals surface area contributed by atoms with Gasteiger partial charge in [0.05, 0.1) is 4.92 Å². The van der Waals surface area contributed by atoms with Crippen LogP contribution in [0.2, 0.25) is 0 Å². The molecule has 0 fully saturated rings. The fourth-order valence-corrected chi connectivity index (χ4v) is 1.45. The van der Waals surface area contributed by atoms with Crippen LogP contribution in [0.1, 0.15) is 0 Å². The Kier molecular flexibility index (Phi) is 3.13. The molecular formula is C11H12N4O3. The van der Waals surface area contributed by atoms with Crippen molar-refractivity contribution in [1.82, 2.24) is 9.78 Å². The summed E-state index contributed by atoms with van der Waals surface area (Å²) in [5, 5.41) is 17.7. The molecule has 0 radical (unpaired) electrons. The summed E-state index contributed by atoms with van der Waals surface area (Å²) in [6.45, 7) is 0. The van der Waals surface area contributed by atoms with E-state index in [2.05, 4.69) is 10.4 Å². The van der Waals surface area contributed by atoms with E-state index in [1.807, 2.05) is 12.1 Å². The normalized spacial score (nSPS) is 10.1. The highest BCUT2D eigenvalue weighted by molar-refractivity contribution is 5.47. The van der Waals surface area contributed by atoms with Crippen molar-refractivity contribution in [2.75, 3.05) is 12.4 Å². The zero-order valence-electron chi connectivity index (χ0n) is 9.95. The van der Waals surface area contributed by atoms with E-state index >= 15 is 0 Å². The number of benzene rings is 1. The fourth-order valence-electron chi connectivity index (χ4n) is 1.45. The van der Waals surface area contributed by atoms with Crippen molar-refractivity contribution in [1.29, 1.82) is 0 Å². The standard InChI is InChI=1S/C11H12N4O3/c1-12-8-3-5-9(6-4-8)18-11-10(15(16)17)7-14(2)13-11/h3-7,12H,1-2H3. The summed E-state index contributed by atoms with van der Waals surface area (Å²) < 4.78 is 6.73. The molecule has 0 saturated heterocycles. The molecule has 2 aromatic rings. The summed E-state index contributed by atoms with van der Waals surface area (Å²) in [5.41, 5.74) is 0.771. The third-order valence-electron chi connectivity index (χ3n) is 2.33. The maximum Gasteiger partial charge on any atom is 0.350 e. The van der Waals surface area contributed by atoms with E-state index in [-0.39, 0.29) is 11.6 Å². The van der Waals surface area contributed by atoms with Crippen LogP contribution in [0, 0.1) is 10.1 Å². The molecule has 0 aliphatic rings. The van der Waals surface area contributed by atoms with Crippen molar-refractivity contribution < 1.29 is 9.66 Å². The average molecular weight is 248 g/mol. The van der Waals surface area contributed by atoms with E-state index in [4.69, 9.17) is 4.74 Å². The van der Waals surface area contributed by atoms with E-state index in [1.165, 1.54) is 10.9 Å². The van der Waals surface area contributed by atoms with Gasteiger partial charge in [0.1, 0.15) is 11.9 Å². The number of nitrogens with zero attached hydrogens (tertiary/aromatic N) is 3. The molecule has 7 nitrogen and oxygen atoms in total. The lowest BCUT2D eigenvalue weighted by Gasteiger charge is -2.03. The first-order valence-corrected chi connectivity index (χ1v) is 5.24. The summed E-state index contributed by atoms with van der Waals surface area (Å²) in [6, 6.07) is 7.04. The number of nitro groups is 1. The largest absolute Gasteiger partial charge is 0.433 e. The monoisotopic (exact) mass is 248 g/mol. The second-order valence-corrected chi connectivity index (χ2v) is 3.63. The highest BCUT2D eigenvalue weighted by atomic mass is 16.6. The van der Waals surface area contributed by atoms with Gasteiger partial charge < -0.3 is 10.1 Å². The van der Waals surface area contributed by atoms with Crippen molar-refractivity contribution in [2.24, 2.45) is 7.05 Å². The number of ether oxygens (including phenoxy) is 1. The Hall–Kier alpha value is -2.57. The van der Waals surface area contributed by atoms with Gasteiger partial charge in [0, 0.05) is 19.8 Å². The minimum Gasteiger partial charge on any atom is -0.433 e. The zero-order chi connectivity index (χ0) is 13.1. The van der Waals surface area contributed by atoms with Crippen molar-refractivity contribution in [3.63, 3.8) is 0 Å². The molecule has 0 unspecified atom stereocenters. The van der Waals surface area contributed by atoms with Crippen molar-refractivity contribution in [3.8, 4) is 11.6 Å². The number of hydrogen-bond donors (Lipinski definition) is 1. The molecule has 0 aliphatic carbocycles. The van der Waals surface area contributed by atoms with Gasteiger partial charge >= 0.3 is 11.6 Å². The van der Waals surface area contributed by atoms with Gasteiger partial charge in [-0.2, -0.15) is 0 Å². The molecule has 0 amide bonds. The van der Waals surface area contributed by atoms with Crippen LogP contribution in [0.4, 0.5) is 11.4 Å². The Labute approximate surface area is 103 Å². The smallest absolute Gasteiger partial charge is 0.350 e.